The van der Waals surface area contributed by atoms with Crippen molar-refractivity contribution < 1.29 is 19.1 Å². The van der Waals surface area contributed by atoms with E-state index in [1.54, 1.807) is 38.2 Å². The Morgan fingerprint density at radius 2 is 1.90 bits per heavy atom. The number of aliphatic hydroxyl groups excluding tert-OH is 1. The summed E-state index contributed by atoms with van der Waals surface area (Å²) >= 11 is 1.20. The molecule has 0 saturated heterocycles. The molecule has 0 fully saturated rings. The number of aliphatic hydroxyl groups is 1. The molecule has 1 atom stereocenters. The lowest BCUT2D eigenvalue weighted by Gasteiger charge is -2.26. The molecular weight excluding hydrogens is 393 g/mol. The van der Waals surface area contributed by atoms with Crippen LogP contribution in [0.1, 0.15) is 32.1 Å². The summed E-state index contributed by atoms with van der Waals surface area (Å²) in [6, 6.07) is 9.45. The summed E-state index contributed by atoms with van der Waals surface area (Å²) in [5.41, 5.74) is 1.23. The van der Waals surface area contributed by atoms with Gasteiger partial charge in [-0.25, -0.2) is 9.37 Å². The molecule has 29 heavy (non-hydrogen) atoms. The molecule has 4 rings (SSSR count). The van der Waals surface area contributed by atoms with Gasteiger partial charge in [0.15, 0.2) is 5.76 Å². The highest BCUT2D eigenvalue weighted by Gasteiger charge is 2.45. The predicted molar refractivity (Wildman–Crippen MR) is 106 cm³/mol. The number of amides is 1. The van der Waals surface area contributed by atoms with Gasteiger partial charge in [-0.1, -0.05) is 6.07 Å². The first-order valence-corrected chi connectivity index (χ1v) is 9.62. The van der Waals surface area contributed by atoms with Crippen LogP contribution in [-0.4, -0.2) is 26.8 Å². The number of anilines is 1. The lowest BCUT2D eigenvalue weighted by atomic mass is 9.98. The first kappa shape index (κ1) is 18.9. The molecule has 1 unspecified atom stereocenters. The summed E-state index contributed by atoms with van der Waals surface area (Å²) in [6.45, 7) is 3.49. The summed E-state index contributed by atoms with van der Waals surface area (Å²) in [5, 5.41) is 11.4. The molecule has 1 aromatic carbocycles. The maximum atomic E-state index is 13.4. The second-order valence-corrected chi connectivity index (χ2v) is 7.75. The van der Waals surface area contributed by atoms with Gasteiger partial charge in [-0.2, -0.15) is 0 Å². The zero-order chi connectivity index (χ0) is 20.7. The lowest BCUT2D eigenvalue weighted by Crippen LogP contribution is -2.31. The van der Waals surface area contributed by atoms with Crippen LogP contribution in [0.15, 0.2) is 60.0 Å². The van der Waals surface area contributed by atoms with Crippen LogP contribution in [0, 0.1) is 19.7 Å². The Hall–Kier alpha value is -3.39. The third-order valence-electron chi connectivity index (χ3n) is 4.64. The Morgan fingerprint density at radius 1 is 1.17 bits per heavy atom. The van der Waals surface area contributed by atoms with Crippen molar-refractivity contribution in [3.63, 3.8) is 0 Å². The molecule has 0 spiro atoms. The molecule has 146 valence electrons. The highest BCUT2D eigenvalue weighted by atomic mass is 32.1. The average molecular weight is 409 g/mol. The molecule has 0 bridgehead atoms. The van der Waals surface area contributed by atoms with Crippen molar-refractivity contribution in [3.05, 3.63) is 87.1 Å². The minimum Gasteiger partial charge on any atom is -0.503 e. The van der Waals surface area contributed by atoms with Crippen molar-refractivity contribution in [1.29, 1.82) is 0 Å². The van der Waals surface area contributed by atoms with E-state index >= 15 is 0 Å². The van der Waals surface area contributed by atoms with E-state index in [1.165, 1.54) is 40.5 Å². The normalized spacial score (nSPS) is 16.6. The molecule has 8 heteroatoms. The summed E-state index contributed by atoms with van der Waals surface area (Å²) in [5.74, 6) is -2.31. The second kappa shape index (κ2) is 7.21. The summed E-state index contributed by atoms with van der Waals surface area (Å²) in [6.07, 6.45) is 1.54. The van der Waals surface area contributed by atoms with E-state index in [-0.39, 0.29) is 5.57 Å². The third-order valence-corrected chi connectivity index (χ3v) is 5.71. The summed E-state index contributed by atoms with van der Waals surface area (Å²) < 4.78 is 13.4. The van der Waals surface area contributed by atoms with Gasteiger partial charge < -0.3 is 5.11 Å². The smallest absolute Gasteiger partial charge is 0.294 e. The van der Waals surface area contributed by atoms with Crippen molar-refractivity contribution >= 4 is 28.7 Å². The van der Waals surface area contributed by atoms with E-state index in [0.717, 1.165) is 0 Å². The summed E-state index contributed by atoms with van der Waals surface area (Å²) in [7, 11) is 0. The number of carbonyl (C=O) groups is 2. The minimum absolute atomic E-state index is 0.0650. The number of benzene rings is 1. The van der Waals surface area contributed by atoms with Gasteiger partial charge in [0.05, 0.1) is 26.8 Å². The molecule has 2 aromatic heterocycles. The molecule has 3 aromatic rings. The van der Waals surface area contributed by atoms with Crippen LogP contribution in [0.3, 0.4) is 0 Å². The number of hydrogen-bond donors (Lipinski definition) is 1. The van der Waals surface area contributed by atoms with Crippen molar-refractivity contribution in [2.75, 3.05) is 4.90 Å². The van der Waals surface area contributed by atoms with Crippen LogP contribution in [0.4, 0.5) is 10.1 Å². The Kier molecular flexibility index (Phi) is 4.71. The SMILES string of the molecule is Cc1nc(C)c(C(=O)C2=C(O)C(=O)N(c3ccc(F)cc3)C2c2ccccn2)s1. The zero-order valence-corrected chi connectivity index (χ0v) is 16.4. The number of nitrogens with zero attached hydrogens (tertiary/aromatic N) is 3. The van der Waals surface area contributed by atoms with Gasteiger partial charge in [0.2, 0.25) is 5.78 Å². The molecule has 0 radical (unpaired) electrons. The number of rotatable bonds is 4. The fourth-order valence-corrected chi connectivity index (χ4v) is 4.26. The monoisotopic (exact) mass is 409 g/mol. The fraction of sp³-hybridized carbons (Fsp3) is 0.143. The first-order chi connectivity index (χ1) is 13.9. The van der Waals surface area contributed by atoms with Gasteiger partial charge >= 0.3 is 0 Å². The lowest BCUT2D eigenvalue weighted by molar-refractivity contribution is -0.117. The molecule has 0 saturated carbocycles. The van der Waals surface area contributed by atoms with Crippen LogP contribution in [0.2, 0.25) is 0 Å². The van der Waals surface area contributed by atoms with Gasteiger partial charge in [-0.15, -0.1) is 11.3 Å². The zero-order valence-electron chi connectivity index (χ0n) is 15.6. The van der Waals surface area contributed by atoms with Gasteiger partial charge in [0.1, 0.15) is 11.9 Å². The van der Waals surface area contributed by atoms with Crippen molar-refractivity contribution in [3.8, 4) is 0 Å². The second-order valence-electron chi connectivity index (χ2n) is 6.55. The van der Waals surface area contributed by atoms with E-state index < -0.39 is 29.3 Å². The molecule has 1 amide bonds. The molecule has 0 aliphatic carbocycles. The number of hydrogen-bond acceptors (Lipinski definition) is 6. The fourth-order valence-electron chi connectivity index (χ4n) is 3.39. The highest BCUT2D eigenvalue weighted by Crippen LogP contribution is 2.42. The Labute approximate surface area is 170 Å². The first-order valence-electron chi connectivity index (χ1n) is 8.80. The number of thiazole rings is 1. The van der Waals surface area contributed by atoms with E-state index in [1.807, 2.05) is 0 Å². The maximum absolute atomic E-state index is 13.4. The molecule has 6 nitrogen and oxygen atoms in total. The van der Waals surface area contributed by atoms with Crippen molar-refractivity contribution in [1.82, 2.24) is 9.97 Å². The number of pyridine rings is 1. The number of halogens is 1. The Morgan fingerprint density at radius 3 is 2.48 bits per heavy atom. The Bertz CT molecular complexity index is 1140. The molecule has 1 aliphatic rings. The van der Waals surface area contributed by atoms with Crippen LogP contribution in [0.25, 0.3) is 0 Å². The van der Waals surface area contributed by atoms with E-state index in [9.17, 15) is 19.1 Å². The van der Waals surface area contributed by atoms with Crippen molar-refractivity contribution in [2.45, 2.75) is 19.9 Å². The Balaban J connectivity index is 1.88. The van der Waals surface area contributed by atoms with Gasteiger partial charge in [-0.05, 0) is 50.2 Å². The van der Waals surface area contributed by atoms with Crippen LogP contribution >= 0.6 is 11.3 Å². The average Bonchev–Trinajstić information content (AvgIpc) is 3.19. The predicted octanol–water partition coefficient (Wildman–Crippen LogP) is 4.08. The van der Waals surface area contributed by atoms with Crippen LogP contribution in [0.5, 0.6) is 0 Å². The van der Waals surface area contributed by atoms with Gasteiger partial charge in [0, 0.05) is 11.9 Å². The molecule has 1 aliphatic heterocycles. The van der Waals surface area contributed by atoms with E-state index in [0.29, 0.717) is 27.0 Å². The topological polar surface area (TPSA) is 83.4 Å². The van der Waals surface area contributed by atoms with Crippen molar-refractivity contribution in [2.24, 2.45) is 0 Å². The minimum atomic E-state index is -0.941. The van der Waals surface area contributed by atoms with Gasteiger partial charge in [0.25, 0.3) is 5.91 Å². The van der Waals surface area contributed by atoms with E-state index in [2.05, 4.69) is 9.97 Å². The largest absolute Gasteiger partial charge is 0.503 e. The van der Waals surface area contributed by atoms with Crippen LogP contribution in [-0.2, 0) is 4.79 Å². The number of aromatic nitrogens is 2. The standard InChI is InChI=1S/C21H16FN3O3S/c1-11-20(29-12(2)24-11)18(26)16-17(15-5-3-4-10-23-15)25(21(28)19(16)27)14-8-6-13(22)7-9-14/h3-10,17,27H,1-2H3. The number of aryl methyl sites for hydroxylation is 2. The molecule has 3 heterocycles. The number of ketones is 1. The summed E-state index contributed by atoms with van der Waals surface area (Å²) in [4.78, 5) is 36.5. The number of carbonyl (C=O) groups excluding carboxylic acids is 2. The quantitative estimate of drug-likeness (QED) is 0.657. The number of Topliss-reactive ketones (excluding diaryl/α,β-unsaturated/α-hetero) is 1. The molecule has 1 N–H and O–H groups in total. The van der Waals surface area contributed by atoms with Crippen LogP contribution < -0.4 is 4.90 Å². The third kappa shape index (κ3) is 3.21. The maximum Gasteiger partial charge on any atom is 0.294 e. The van der Waals surface area contributed by atoms with E-state index in [4.69, 9.17) is 0 Å². The van der Waals surface area contributed by atoms with Gasteiger partial charge in [-0.3, -0.25) is 19.5 Å². The highest BCUT2D eigenvalue weighted by molar-refractivity contribution is 7.14. The molecular formula is C21H16FN3O3S.